The molecule has 2 atom stereocenters. The van der Waals surface area contributed by atoms with Crippen LogP contribution >= 0.6 is 0 Å². The maximum atomic E-state index is 13.1. The molecule has 2 heterocycles. The van der Waals surface area contributed by atoms with Crippen molar-refractivity contribution in [1.82, 2.24) is 30.3 Å². The minimum atomic E-state index is -4.57. The molecule has 1 unspecified atom stereocenters. The molecule has 32 heavy (non-hydrogen) atoms. The van der Waals surface area contributed by atoms with Crippen molar-refractivity contribution < 1.29 is 22.8 Å². The van der Waals surface area contributed by atoms with Gasteiger partial charge in [0.15, 0.2) is 11.5 Å². The summed E-state index contributed by atoms with van der Waals surface area (Å²) < 4.78 is 38.2. The van der Waals surface area contributed by atoms with E-state index in [0.29, 0.717) is 19.0 Å². The Morgan fingerprint density at radius 3 is 2.62 bits per heavy atom. The molecule has 1 saturated carbocycles. The monoisotopic (exact) mass is 447 g/mol. The number of Topliss-reactive ketones (excluding diaryl/α,β-unsaturated/α-hetero) is 1. The summed E-state index contributed by atoms with van der Waals surface area (Å²) >= 11 is 0. The lowest BCUT2D eigenvalue weighted by Crippen LogP contribution is -2.52. The molecule has 168 valence electrons. The number of hydrogen-bond donors (Lipinski definition) is 2. The summed E-state index contributed by atoms with van der Waals surface area (Å²) in [5.41, 5.74) is -1.50. The Balaban J connectivity index is 1.53. The Hall–Kier alpha value is -3.57. The van der Waals surface area contributed by atoms with Gasteiger partial charge in [-0.25, -0.2) is 9.97 Å². The summed E-state index contributed by atoms with van der Waals surface area (Å²) in [6, 6.07) is -0.358. The van der Waals surface area contributed by atoms with Gasteiger partial charge in [-0.2, -0.15) is 23.4 Å². The number of anilines is 1. The van der Waals surface area contributed by atoms with Gasteiger partial charge in [-0.05, 0) is 26.2 Å². The van der Waals surface area contributed by atoms with Gasteiger partial charge in [0.2, 0.25) is 0 Å². The molecule has 2 aliphatic rings. The second-order valence-corrected chi connectivity index (χ2v) is 7.86. The largest absolute Gasteiger partial charge is 0.434 e. The molecule has 0 saturated heterocycles. The number of allylic oxidation sites excluding steroid dienone is 2. The second kappa shape index (κ2) is 8.17. The van der Waals surface area contributed by atoms with Crippen LogP contribution in [0.5, 0.6) is 0 Å². The normalized spacial score (nSPS) is 23.5. The van der Waals surface area contributed by atoms with Crippen LogP contribution in [0.25, 0.3) is 5.70 Å². The maximum absolute atomic E-state index is 13.1. The fourth-order valence-electron chi connectivity index (χ4n) is 3.96. The molecule has 9 nitrogen and oxygen atoms in total. The lowest BCUT2D eigenvalue weighted by Gasteiger charge is -2.34. The van der Waals surface area contributed by atoms with Gasteiger partial charge < -0.3 is 10.6 Å². The molecular weight excluding hydrogens is 427 g/mol. The van der Waals surface area contributed by atoms with Crippen molar-refractivity contribution in [1.29, 1.82) is 0 Å². The van der Waals surface area contributed by atoms with E-state index in [1.165, 1.54) is 12.4 Å². The van der Waals surface area contributed by atoms with Crippen molar-refractivity contribution in [2.75, 3.05) is 5.32 Å². The molecule has 0 radical (unpaired) electrons. The second-order valence-electron chi connectivity index (χ2n) is 7.86. The average Bonchev–Trinajstić information content (AvgIpc) is 3.38. The Kier molecular flexibility index (Phi) is 5.53. The van der Waals surface area contributed by atoms with Crippen molar-refractivity contribution in [3.8, 4) is 0 Å². The van der Waals surface area contributed by atoms with E-state index in [9.17, 15) is 22.8 Å². The van der Waals surface area contributed by atoms with E-state index >= 15 is 0 Å². The predicted molar refractivity (Wildman–Crippen MR) is 107 cm³/mol. The van der Waals surface area contributed by atoms with Gasteiger partial charge in [0.05, 0.1) is 41.9 Å². The standard InChI is InChI=1S/C20H20F3N7O2/c1-19(29-16-11-24-15(10-25-16)20(21,22)23)7-3-6-14(19)28-18(32)12-4-2-5-13(31)17(12)30-26-8-9-27-30/h2,4,8-11,14H,3,5-7H2,1H3,(H,25,29)(H,28,32)/t14?,19-/m0/s1. The number of carbonyl (C=O) groups excluding carboxylic acids is 2. The minimum Gasteiger partial charge on any atom is -0.362 e. The summed E-state index contributed by atoms with van der Waals surface area (Å²) in [5, 5.41) is 14.0. The third-order valence-electron chi connectivity index (χ3n) is 5.59. The number of ketones is 1. The lowest BCUT2D eigenvalue weighted by atomic mass is 9.94. The third-order valence-corrected chi connectivity index (χ3v) is 5.59. The van der Waals surface area contributed by atoms with Gasteiger partial charge in [-0.15, -0.1) is 4.80 Å². The summed E-state index contributed by atoms with van der Waals surface area (Å²) in [4.78, 5) is 33.9. The molecule has 1 amide bonds. The molecule has 2 aliphatic carbocycles. The van der Waals surface area contributed by atoms with Gasteiger partial charge >= 0.3 is 6.18 Å². The van der Waals surface area contributed by atoms with Gasteiger partial charge in [-0.1, -0.05) is 12.2 Å². The summed E-state index contributed by atoms with van der Waals surface area (Å²) in [7, 11) is 0. The van der Waals surface area contributed by atoms with E-state index in [2.05, 4.69) is 30.8 Å². The Bertz CT molecular complexity index is 1080. The molecule has 2 aromatic heterocycles. The van der Waals surface area contributed by atoms with E-state index in [4.69, 9.17) is 0 Å². The molecule has 4 rings (SSSR count). The highest BCUT2D eigenvalue weighted by atomic mass is 19.4. The molecule has 0 aromatic carbocycles. The Morgan fingerprint density at radius 2 is 1.97 bits per heavy atom. The van der Waals surface area contributed by atoms with Gasteiger partial charge in [-0.3, -0.25) is 9.59 Å². The molecule has 0 aliphatic heterocycles. The highest BCUT2D eigenvalue weighted by Gasteiger charge is 2.41. The summed E-state index contributed by atoms with van der Waals surface area (Å²) in [6.07, 6.45) is 5.34. The zero-order valence-corrected chi connectivity index (χ0v) is 17.1. The van der Waals surface area contributed by atoms with Crippen LogP contribution in [0.1, 0.15) is 38.3 Å². The smallest absolute Gasteiger partial charge is 0.362 e. The number of alkyl halides is 3. The molecule has 1 fully saturated rings. The predicted octanol–water partition coefficient (Wildman–Crippen LogP) is 2.37. The SMILES string of the molecule is C[C@]1(Nc2cnc(C(F)(F)F)cn2)CCCC1NC(=O)C1=C(n2nccn2)C(=O)CC=C1. The molecule has 0 bridgehead atoms. The van der Waals surface area contributed by atoms with Crippen molar-refractivity contribution in [3.63, 3.8) is 0 Å². The number of amides is 1. The summed E-state index contributed by atoms with van der Waals surface area (Å²) in [5.74, 6) is -0.559. The van der Waals surface area contributed by atoms with Gasteiger partial charge in [0.1, 0.15) is 11.5 Å². The van der Waals surface area contributed by atoms with E-state index < -0.39 is 23.3 Å². The van der Waals surface area contributed by atoms with Crippen molar-refractivity contribution in [2.24, 2.45) is 0 Å². The first-order valence-electron chi connectivity index (χ1n) is 9.96. The third kappa shape index (κ3) is 4.25. The highest BCUT2D eigenvalue weighted by Crippen LogP contribution is 2.34. The first kappa shape index (κ1) is 21.7. The average molecular weight is 447 g/mol. The molecular formula is C20H20F3N7O2. The van der Waals surface area contributed by atoms with Crippen LogP contribution in [0.15, 0.2) is 42.5 Å². The topological polar surface area (TPSA) is 115 Å². The Labute approximate surface area is 180 Å². The van der Waals surface area contributed by atoms with Crippen LogP contribution in [-0.4, -0.2) is 48.2 Å². The number of halogens is 3. The highest BCUT2D eigenvalue weighted by molar-refractivity contribution is 6.24. The lowest BCUT2D eigenvalue weighted by molar-refractivity contribution is -0.141. The Morgan fingerprint density at radius 1 is 1.22 bits per heavy atom. The fraction of sp³-hybridized carbons (Fsp3) is 0.400. The number of carbonyl (C=O) groups is 2. The summed E-state index contributed by atoms with van der Waals surface area (Å²) in [6.45, 7) is 1.86. The van der Waals surface area contributed by atoms with Crippen LogP contribution in [0, 0.1) is 0 Å². The first-order valence-corrected chi connectivity index (χ1v) is 9.96. The minimum absolute atomic E-state index is 0.0938. The van der Waals surface area contributed by atoms with E-state index in [1.54, 1.807) is 12.2 Å². The van der Waals surface area contributed by atoms with Crippen LogP contribution in [0.4, 0.5) is 19.0 Å². The van der Waals surface area contributed by atoms with E-state index in [-0.39, 0.29) is 35.3 Å². The molecule has 2 aromatic rings. The maximum Gasteiger partial charge on any atom is 0.434 e. The van der Waals surface area contributed by atoms with Gasteiger partial charge in [0.25, 0.3) is 5.91 Å². The zero-order valence-electron chi connectivity index (χ0n) is 17.1. The van der Waals surface area contributed by atoms with Crippen LogP contribution in [-0.2, 0) is 15.8 Å². The first-order chi connectivity index (χ1) is 15.2. The van der Waals surface area contributed by atoms with Crippen molar-refractivity contribution >= 4 is 23.2 Å². The molecule has 2 N–H and O–H groups in total. The molecule has 0 spiro atoms. The van der Waals surface area contributed by atoms with Crippen molar-refractivity contribution in [2.45, 2.75) is 50.4 Å². The zero-order chi connectivity index (χ0) is 22.9. The van der Waals surface area contributed by atoms with E-state index in [0.717, 1.165) is 17.4 Å². The number of hydrogen-bond acceptors (Lipinski definition) is 7. The van der Waals surface area contributed by atoms with Gasteiger partial charge in [0, 0.05) is 6.42 Å². The number of nitrogens with zero attached hydrogens (tertiary/aromatic N) is 5. The van der Waals surface area contributed by atoms with Crippen LogP contribution in [0.2, 0.25) is 0 Å². The van der Waals surface area contributed by atoms with E-state index in [1.807, 2.05) is 6.92 Å². The number of nitrogens with one attached hydrogen (secondary N) is 2. The molecule has 12 heteroatoms. The van der Waals surface area contributed by atoms with Crippen LogP contribution in [0.3, 0.4) is 0 Å². The van der Waals surface area contributed by atoms with Crippen molar-refractivity contribution in [3.05, 3.63) is 48.2 Å². The van der Waals surface area contributed by atoms with Crippen LogP contribution < -0.4 is 10.6 Å². The number of rotatable bonds is 5. The number of aromatic nitrogens is 5. The quantitative estimate of drug-likeness (QED) is 0.723. The fourth-order valence-corrected chi connectivity index (χ4v) is 3.96.